The Morgan fingerprint density at radius 2 is 1.70 bits per heavy atom. The van der Waals surface area contributed by atoms with E-state index in [-0.39, 0.29) is 10.9 Å². The van der Waals surface area contributed by atoms with E-state index in [9.17, 15) is 14.0 Å². The smallest absolute Gasteiger partial charge is 0.260 e. The molecular formula is C18H18ClFN4O2S. The number of nitrogens with one attached hydrogen (secondary N) is 4. The van der Waals surface area contributed by atoms with Crippen LogP contribution in [0.25, 0.3) is 0 Å². The fourth-order valence-electron chi connectivity index (χ4n) is 2.00. The number of carbonyl (C=O) groups is 2. The maximum atomic E-state index is 12.8. The summed E-state index contributed by atoms with van der Waals surface area (Å²) < 4.78 is 12.8. The highest BCUT2D eigenvalue weighted by Crippen LogP contribution is 2.09. The molecule has 0 aliphatic carbocycles. The lowest BCUT2D eigenvalue weighted by Crippen LogP contribution is -2.53. The summed E-state index contributed by atoms with van der Waals surface area (Å²) in [5, 5.41) is 6.14. The van der Waals surface area contributed by atoms with Crippen LogP contribution in [-0.4, -0.2) is 23.0 Å². The van der Waals surface area contributed by atoms with Gasteiger partial charge in [0.25, 0.3) is 11.8 Å². The van der Waals surface area contributed by atoms with Crippen LogP contribution in [-0.2, 0) is 11.3 Å². The first-order chi connectivity index (χ1) is 12.8. The molecular weight excluding hydrogens is 391 g/mol. The SMILES string of the molecule is CC(NC(=O)c1ccc(Cl)cc1)C(=O)NNC(=S)NCc1ccc(F)cc1. The Morgan fingerprint density at radius 1 is 1.07 bits per heavy atom. The van der Waals surface area contributed by atoms with Gasteiger partial charge in [0, 0.05) is 17.1 Å². The Bertz CT molecular complexity index is 815. The number of hydrogen-bond donors (Lipinski definition) is 4. The summed E-state index contributed by atoms with van der Waals surface area (Å²) in [5.74, 6) is -1.18. The summed E-state index contributed by atoms with van der Waals surface area (Å²) >= 11 is 10.8. The molecule has 0 aliphatic rings. The van der Waals surface area contributed by atoms with Crippen LogP contribution in [0.15, 0.2) is 48.5 Å². The highest BCUT2D eigenvalue weighted by atomic mass is 35.5. The Balaban J connectivity index is 1.73. The molecule has 6 nitrogen and oxygen atoms in total. The van der Waals surface area contributed by atoms with Gasteiger partial charge in [0.05, 0.1) is 0 Å². The predicted molar refractivity (Wildman–Crippen MR) is 105 cm³/mol. The second kappa shape index (κ2) is 9.84. The molecule has 0 saturated heterocycles. The van der Waals surface area contributed by atoms with Crippen molar-refractivity contribution in [1.29, 1.82) is 0 Å². The van der Waals surface area contributed by atoms with E-state index in [0.29, 0.717) is 17.1 Å². The lowest BCUT2D eigenvalue weighted by molar-refractivity contribution is -0.123. The van der Waals surface area contributed by atoms with Crippen molar-refractivity contribution < 1.29 is 14.0 Å². The molecule has 0 heterocycles. The summed E-state index contributed by atoms with van der Waals surface area (Å²) in [6.45, 7) is 1.91. The molecule has 2 rings (SSSR count). The lowest BCUT2D eigenvalue weighted by Gasteiger charge is -2.16. The minimum absolute atomic E-state index is 0.184. The number of halogens is 2. The Morgan fingerprint density at radius 3 is 2.33 bits per heavy atom. The van der Waals surface area contributed by atoms with Crippen molar-refractivity contribution in [2.24, 2.45) is 0 Å². The Hall–Kier alpha value is -2.71. The van der Waals surface area contributed by atoms with Crippen LogP contribution in [0.4, 0.5) is 4.39 Å². The van der Waals surface area contributed by atoms with Crippen LogP contribution in [0.1, 0.15) is 22.8 Å². The summed E-state index contributed by atoms with van der Waals surface area (Å²) in [4.78, 5) is 24.1. The Kier molecular flexibility index (Phi) is 7.51. The summed E-state index contributed by atoms with van der Waals surface area (Å²) in [5.41, 5.74) is 6.17. The average Bonchev–Trinajstić information content (AvgIpc) is 2.66. The molecule has 27 heavy (non-hydrogen) atoms. The third kappa shape index (κ3) is 6.84. The zero-order valence-corrected chi connectivity index (χ0v) is 16.0. The molecule has 2 amide bonds. The van der Waals surface area contributed by atoms with Gasteiger partial charge in [-0.15, -0.1) is 0 Å². The largest absolute Gasteiger partial charge is 0.357 e. The van der Waals surface area contributed by atoms with Crippen LogP contribution in [0.3, 0.4) is 0 Å². The maximum absolute atomic E-state index is 12.8. The topological polar surface area (TPSA) is 82.3 Å². The molecule has 2 aromatic carbocycles. The van der Waals surface area contributed by atoms with E-state index in [2.05, 4.69) is 21.5 Å². The minimum atomic E-state index is -0.791. The first-order valence-corrected chi connectivity index (χ1v) is 8.78. The van der Waals surface area contributed by atoms with Gasteiger partial charge in [0.15, 0.2) is 5.11 Å². The van der Waals surface area contributed by atoms with Crippen molar-refractivity contribution in [3.8, 4) is 0 Å². The van der Waals surface area contributed by atoms with Crippen LogP contribution in [0.5, 0.6) is 0 Å². The third-order valence-corrected chi connectivity index (χ3v) is 4.01. The number of hydrogen-bond acceptors (Lipinski definition) is 3. The van der Waals surface area contributed by atoms with Crippen molar-refractivity contribution in [1.82, 2.24) is 21.5 Å². The molecule has 0 aliphatic heterocycles. The molecule has 0 aromatic heterocycles. The fraction of sp³-hybridized carbons (Fsp3) is 0.167. The minimum Gasteiger partial charge on any atom is -0.357 e. The molecule has 2 aromatic rings. The molecule has 0 radical (unpaired) electrons. The Labute approximate surface area is 166 Å². The molecule has 0 fully saturated rings. The van der Waals surface area contributed by atoms with Crippen molar-refractivity contribution in [2.75, 3.05) is 0 Å². The number of benzene rings is 2. The molecule has 9 heteroatoms. The van der Waals surface area contributed by atoms with Gasteiger partial charge >= 0.3 is 0 Å². The summed E-state index contributed by atoms with van der Waals surface area (Å²) in [6.07, 6.45) is 0. The van der Waals surface area contributed by atoms with Crippen LogP contribution < -0.4 is 21.5 Å². The number of carbonyl (C=O) groups excluding carboxylic acids is 2. The quantitative estimate of drug-likeness (QED) is 0.451. The van der Waals surface area contributed by atoms with E-state index >= 15 is 0 Å². The zero-order chi connectivity index (χ0) is 19.8. The monoisotopic (exact) mass is 408 g/mol. The van der Waals surface area contributed by atoms with Crippen LogP contribution >= 0.6 is 23.8 Å². The highest BCUT2D eigenvalue weighted by Gasteiger charge is 2.16. The standard InChI is InChI=1S/C18H18ClFN4O2S/c1-11(22-17(26)13-4-6-14(19)7-5-13)16(25)23-24-18(27)21-10-12-2-8-15(20)9-3-12/h2-9,11H,10H2,1H3,(H,22,26)(H,23,25)(H2,21,24,27). The van der Waals surface area contributed by atoms with Crippen molar-refractivity contribution in [2.45, 2.75) is 19.5 Å². The fourth-order valence-corrected chi connectivity index (χ4v) is 2.25. The van der Waals surface area contributed by atoms with E-state index in [4.69, 9.17) is 23.8 Å². The van der Waals surface area contributed by atoms with E-state index in [1.165, 1.54) is 12.1 Å². The summed E-state index contributed by atoms with van der Waals surface area (Å²) in [7, 11) is 0. The second-order valence-electron chi connectivity index (χ2n) is 5.63. The van der Waals surface area contributed by atoms with Crippen LogP contribution in [0, 0.1) is 5.82 Å². The number of amides is 2. The summed E-state index contributed by atoms with van der Waals surface area (Å²) in [6, 6.07) is 11.5. The molecule has 0 spiro atoms. The first-order valence-electron chi connectivity index (χ1n) is 7.99. The van der Waals surface area contributed by atoms with Gasteiger partial charge in [-0.05, 0) is 61.1 Å². The van der Waals surface area contributed by atoms with E-state index in [0.717, 1.165) is 5.56 Å². The number of thiocarbonyl (C=S) groups is 1. The zero-order valence-electron chi connectivity index (χ0n) is 14.4. The molecule has 1 atom stereocenters. The van der Waals surface area contributed by atoms with Crippen molar-refractivity contribution in [3.63, 3.8) is 0 Å². The lowest BCUT2D eigenvalue weighted by atomic mass is 10.2. The van der Waals surface area contributed by atoms with Gasteiger partial charge in [-0.2, -0.15) is 0 Å². The maximum Gasteiger partial charge on any atom is 0.260 e. The van der Waals surface area contributed by atoms with E-state index < -0.39 is 17.9 Å². The molecule has 0 saturated carbocycles. The normalized spacial score (nSPS) is 11.2. The van der Waals surface area contributed by atoms with Crippen molar-refractivity contribution in [3.05, 3.63) is 70.5 Å². The predicted octanol–water partition coefficient (Wildman–Crippen LogP) is 2.29. The van der Waals surface area contributed by atoms with Gasteiger partial charge in [-0.3, -0.25) is 20.4 Å². The van der Waals surface area contributed by atoms with Crippen molar-refractivity contribution >= 4 is 40.7 Å². The van der Waals surface area contributed by atoms with Gasteiger partial charge in [0.1, 0.15) is 11.9 Å². The van der Waals surface area contributed by atoms with Gasteiger partial charge in [0.2, 0.25) is 0 Å². The van der Waals surface area contributed by atoms with E-state index in [1.54, 1.807) is 43.3 Å². The van der Waals surface area contributed by atoms with Gasteiger partial charge in [-0.25, -0.2) is 4.39 Å². The van der Waals surface area contributed by atoms with E-state index in [1.807, 2.05) is 0 Å². The average molecular weight is 409 g/mol. The molecule has 0 bridgehead atoms. The molecule has 4 N–H and O–H groups in total. The third-order valence-electron chi connectivity index (χ3n) is 3.51. The first kappa shape index (κ1) is 20.6. The number of rotatable bonds is 5. The highest BCUT2D eigenvalue weighted by molar-refractivity contribution is 7.80. The van der Waals surface area contributed by atoms with Gasteiger partial charge < -0.3 is 10.6 Å². The van der Waals surface area contributed by atoms with Gasteiger partial charge in [-0.1, -0.05) is 23.7 Å². The molecule has 142 valence electrons. The van der Waals surface area contributed by atoms with Crippen LogP contribution in [0.2, 0.25) is 5.02 Å². The second-order valence-corrected chi connectivity index (χ2v) is 6.47. The number of hydrazine groups is 1. The molecule has 1 unspecified atom stereocenters.